The minimum atomic E-state index is -4.56. The van der Waals surface area contributed by atoms with Gasteiger partial charge < -0.3 is 10.5 Å². The molecule has 0 aliphatic heterocycles. The number of nitrogens with two attached hydrogens (primary N) is 1. The summed E-state index contributed by atoms with van der Waals surface area (Å²) in [4.78, 5) is 6.67. The fourth-order valence-electron chi connectivity index (χ4n) is 0.954. The normalized spacial score (nSPS) is 12.6. The smallest absolute Gasteiger partial charge is 0.433 e. The Morgan fingerprint density at radius 3 is 2.19 bits per heavy atom. The van der Waals surface area contributed by atoms with Gasteiger partial charge >= 0.3 is 6.18 Å². The van der Waals surface area contributed by atoms with Crippen molar-refractivity contribution in [2.75, 3.05) is 5.73 Å². The highest BCUT2D eigenvalue weighted by Gasteiger charge is 2.34. The van der Waals surface area contributed by atoms with Gasteiger partial charge in [-0.05, 0) is 20.8 Å². The number of aromatic nitrogens is 2. The average Bonchev–Trinajstić information content (AvgIpc) is 1.97. The molecule has 0 fully saturated rings. The molecule has 0 aliphatic carbocycles. The summed E-state index contributed by atoms with van der Waals surface area (Å²) in [6.45, 7) is 5.08. The SMILES string of the molecule is CC(C)(C)Oc1cc(C(F)(F)F)nc(N)n1. The van der Waals surface area contributed by atoms with Crippen LogP contribution in [0, 0.1) is 0 Å². The van der Waals surface area contributed by atoms with E-state index in [1.54, 1.807) is 20.8 Å². The Morgan fingerprint density at radius 1 is 1.19 bits per heavy atom. The summed E-state index contributed by atoms with van der Waals surface area (Å²) in [7, 11) is 0. The second kappa shape index (κ2) is 3.80. The van der Waals surface area contributed by atoms with Crippen molar-refractivity contribution in [3.8, 4) is 5.88 Å². The van der Waals surface area contributed by atoms with Crippen LogP contribution in [0.5, 0.6) is 5.88 Å². The van der Waals surface area contributed by atoms with Crippen LogP contribution in [0.1, 0.15) is 26.5 Å². The molecule has 0 aromatic carbocycles. The van der Waals surface area contributed by atoms with Crippen LogP contribution in [-0.4, -0.2) is 15.6 Å². The Labute approximate surface area is 90.6 Å². The minimum absolute atomic E-state index is 0.188. The molecular formula is C9H12F3N3O. The standard InChI is InChI=1S/C9H12F3N3O/c1-8(2,3)16-6-4-5(9(10,11)12)14-7(13)15-6/h4H,1-3H3,(H2,13,14,15). The van der Waals surface area contributed by atoms with E-state index in [0.29, 0.717) is 0 Å². The lowest BCUT2D eigenvalue weighted by atomic mass is 10.2. The van der Waals surface area contributed by atoms with Gasteiger partial charge in [0.2, 0.25) is 11.8 Å². The summed E-state index contributed by atoms with van der Waals surface area (Å²) in [6, 6.07) is 0.724. The topological polar surface area (TPSA) is 61.0 Å². The Bertz CT molecular complexity index is 385. The van der Waals surface area contributed by atoms with Gasteiger partial charge in [-0.1, -0.05) is 0 Å². The maximum absolute atomic E-state index is 12.4. The predicted molar refractivity (Wildman–Crippen MR) is 51.8 cm³/mol. The van der Waals surface area contributed by atoms with Crippen molar-refractivity contribution in [1.82, 2.24) is 9.97 Å². The fourth-order valence-corrected chi connectivity index (χ4v) is 0.954. The van der Waals surface area contributed by atoms with Crippen LogP contribution in [0.4, 0.5) is 19.1 Å². The van der Waals surface area contributed by atoms with Crippen molar-refractivity contribution >= 4 is 5.95 Å². The van der Waals surface area contributed by atoms with Crippen LogP contribution in [0.25, 0.3) is 0 Å². The molecule has 0 saturated carbocycles. The van der Waals surface area contributed by atoms with Crippen molar-refractivity contribution in [3.63, 3.8) is 0 Å². The van der Waals surface area contributed by atoms with Gasteiger partial charge in [-0.15, -0.1) is 0 Å². The molecule has 0 spiro atoms. The Morgan fingerprint density at radius 2 is 1.75 bits per heavy atom. The maximum atomic E-state index is 12.4. The van der Waals surface area contributed by atoms with E-state index in [9.17, 15) is 13.2 Å². The molecule has 4 nitrogen and oxygen atoms in total. The van der Waals surface area contributed by atoms with Crippen LogP contribution in [-0.2, 0) is 6.18 Å². The monoisotopic (exact) mass is 235 g/mol. The second-order valence-corrected chi connectivity index (χ2v) is 4.16. The van der Waals surface area contributed by atoms with Gasteiger partial charge in [0.05, 0.1) is 0 Å². The van der Waals surface area contributed by atoms with E-state index in [4.69, 9.17) is 10.5 Å². The van der Waals surface area contributed by atoms with E-state index < -0.39 is 23.4 Å². The molecule has 90 valence electrons. The molecule has 0 radical (unpaired) electrons. The zero-order valence-corrected chi connectivity index (χ0v) is 9.09. The second-order valence-electron chi connectivity index (χ2n) is 4.16. The van der Waals surface area contributed by atoms with E-state index in [2.05, 4.69) is 9.97 Å². The molecule has 1 heterocycles. The number of anilines is 1. The molecule has 0 atom stereocenters. The third-order valence-electron chi connectivity index (χ3n) is 1.42. The molecule has 1 aromatic heterocycles. The van der Waals surface area contributed by atoms with Gasteiger partial charge in [-0.2, -0.15) is 18.2 Å². The Balaban J connectivity index is 3.09. The molecule has 1 rings (SSSR count). The van der Waals surface area contributed by atoms with Crippen LogP contribution in [0.3, 0.4) is 0 Å². The number of rotatable bonds is 1. The van der Waals surface area contributed by atoms with Crippen molar-refractivity contribution in [3.05, 3.63) is 11.8 Å². The summed E-state index contributed by atoms with van der Waals surface area (Å²) in [5.41, 5.74) is 3.41. The highest BCUT2D eigenvalue weighted by Crippen LogP contribution is 2.30. The third kappa shape index (κ3) is 3.56. The summed E-state index contributed by atoms with van der Waals surface area (Å²) < 4.78 is 42.3. The van der Waals surface area contributed by atoms with Crippen molar-refractivity contribution < 1.29 is 17.9 Å². The number of ether oxygens (including phenoxy) is 1. The first-order valence-electron chi connectivity index (χ1n) is 4.49. The number of halogens is 3. The van der Waals surface area contributed by atoms with Crippen LogP contribution < -0.4 is 10.5 Å². The summed E-state index contributed by atoms with van der Waals surface area (Å²) >= 11 is 0. The lowest BCUT2D eigenvalue weighted by Crippen LogP contribution is -2.24. The van der Waals surface area contributed by atoms with Gasteiger partial charge in [0.25, 0.3) is 0 Å². The lowest BCUT2D eigenvalue weighted by molar-refractivity contribution is -0.141. The molecule has 0 saturated heterocycles. The number of nitrogens with zero attached hydrogens (tertiary/aromatic N) is 2. The first-order valence-corrected chi connectivity index (χ1v) is 4.49. The maximum Gasteiger partial charge on any atom is 0.433 e. The molecule has 7 heteroatoms. The molecule has 16 heavy (non-hydrogen) atoms. The third-order valence-corrected chi connectivity index (χ3v) is 1.42. The minimum Gasteiger partial charge on any atom is -0.472 e. The van der Waals surface area contributed by atoms with E-state index in [1.807, 2.05) is 0 Å². The first kappa shape index (κ1) is 12.5. The van der Waals surface area contributed by atoms with E-state index in [-0.39, 0.29) is 5.88 Å². The van der Waals surface area contributed by atoms with Crippen LogP contribution in [0.15, 0.2) is 6.07 Å². The highest BCUT2D eigenvalue weighted by molar-refractivity contribution is 5.27. The first-order chi connectivity index (χ1) is 7.08. The fraction of sp³-hybridized carbons (Fsp3) is 0.556. The van der Waals surface area contributed by atoms with Crippen molar-refractivity contribution in [2.45, 2.75) is 32.5 Å². The number of hydrogen-bond donors (Lipinski definition) is 1. The molecule has 1 aromatic rings. The summed E-state index contributed by atoms with van der Waals surface area (Å²) in [5.74, 6) is -0.651. The average molecular weight is 235 g/mol. The molecular weight excluding hydrogens is 223 g/mol. The molecule has 0 bridgehead atoms. The van der Waals surface area contributed by atoms with Crippen LogP contribution in [0.2, 0.25) is 0 Å². The van der Waals surface area contributed by atoms with Crippen LogP contribution >= 0.6 is 0 Å². The van der Waals surface area contributed by atoms with Gasteiger partial charge in [0, 0.05) is 6.07 Å². The summed E-state index contributed by atoms with van der Waals surface area (Å²) in [5, 5.41) is 0. The zero-order valence-electron chi connectivity index (χ0n) is 9.09. The highest BCUT2D eigenvalue weighted by atomic mass is 19.4. The number of alkyl halides is 3. The van der Waals surface area contributed by atoms with E-state index in [0.717, 1.165) is 6.07 Å². The number of nitrogen functional groups attached to an aromatic ring is 1. The van der Waals surface area contributed by atoms with Gasteiger partial charge in [-0.3, -0.25) is 0 Å². The van der Waals surface area contributed by atoms with E-state index >= 15 is 0 Å². The van der Waals surface area contributed by atoms with Crippen molar-refractivity contribution in [1.29, 1.82) is 0 Å². The molecule has 0 aliphatic rings. The Kier molecular flexibility index (Phi) is 2.98. The zero-order chi connectivity index (χ0) is 12.6. The molecule has 0 amide bonds. The van der Waals surface area contributed by atoms with Gasteiger partial charge in [0.1, 0.15) is 5.60 Å². The van der Waals surface area contributed by atoms with Crippen molar-refractivity contribution in [2.24, 2.45) is 0 Å². The predicted octanol–water partition coefficient (Wildman–Crippen LogP) is 2.25. The lowest BCUT2D eigenvalue weighted by Gasteiger charge is -2.20. The largest absolute Gasteiger partial charge is 0.472 e. The summed E-state index contributed by atoms with van der Waals surface area (Å²) in [6.07, 6.45) is -4.56. The quantitative estimate of drug-likeness (QED) is 0.811. The number of hydrogen-bond acceptors (Lipinski definition) is 4. The Hall–Kier alpha value is -1.53. The van der Waals surface area contributed by atoms with Gasteiger partial charge in [0.15, 0.2) is 5.69 Å². The molecule has 2 N–H and O–H groups in total. The molecule has 0 unspecified atom stereocenters. The van der Waals surface area contributed by atoms with Gasteiger partial charge in [-0.25, -0.2) is 4.98 Å². The van der Waals surface area contributed by atoms with E-state index in [1.165, 1.54) is 0 Å².